The molecule has 20 nitrogen and oxygen atoms in total. The number of rotatable bonds is 16. The Bertz CT molecular complexity index is 3660. The Morgan fingerprint density at radius 3 is 1.08 bits per heavy atom. The number of pyridine rings is 3. The molecule has 6 aromatic heterocycles. The number of nitrogens with zero attached hydrogens (tertiary/aromatic N) is 12. The van der Waals surface area contributed by atoms with Crippen LogP contribution in [0.1, 0.15) is 95.3 Å². The van der Waals surface area contributed by atoms with Gasteiger partial charge in [0.1, 0.15) is 53.0 Å². The highest BCUT2D eigenvalue weighted by atomic mass is 19.1. The lowest BCUT2D eigenvalue weighted by Crippen LogP contribution is -2.26. The molecule has 0 aliphatic carbocycles. The van der Waals surface area contributed by atoms with Gasteiger partial charge in [-0.1, -0.05) is 0 Å². The van der Waals surface area contributed by atoms with Gasteiger partial charge in [0.15, 0.2) is 29.0 Å². The number of aromatic nitrogens is 9. The number of halogens is 3. The highest BCUT2D eigenvalue weighted by molar-refractivity contribution is 5.98. The number of anilines is 3. The molecular formula is C62H67F3N16O4. The van der Waals surface area contributed by atoms with E-state index in [1.165, 1.54) is 107 Å². The van der Waals surface area contributed by atoms with Crippen molar-refractivity contribution >= 4 is 68.1 Å². The van der Waals surface area contributed by atoms with Gasteiger partial charge < -0.3 is 42.7 Å². The first kappa shape index (κ1) is 60.6. The molecule has 3 aliphatic rings. The zero-order chi connectivity index (χ0) is 59.8. The number of nitrogen functional groups attached to an aromatic ring is 3. The molecule has 23 heteroatoms. The fourth-order valence-corrected chi connectivity index (χ4v) is 10.4. The maximum atomic E-state index is 14.2. The third-order valence-corrected chi connectivity index (χ3v) is 14.8. The SMILES string of the molecule is NCCN1CCCC1.Nc1ncnc2ccc(-c3cc(F)cc(C(=O)CCCN4CCCC4)c3)nc12.Nc1ncnc2ccc(-c3cc(F)cc(C(=O)CCCN4CCCC4)c3)nc12.Nc1ncnc2ccc(-c3cc(F)cc(C(=O)O)c3)nc12. The van der Waals surface area contributed by atoms with Crippen LogP contribution in [0.4, 0.5) is 30.6 Å². The fourth-order valence-electron chi connectivity index (χ4n) is 10.4. The molecule has 3 saturated heterocycles. The van der Waals surface area contributed by atoms with E-state index in [9.17, 15) is 27.6 Å². The number of Topliss-reactive ketones (excluding diaryl/α,β-unsaturated/α-hetero) is 2. The van der Waals surface area contributed by atoms with Gasteiger partial charge in [-0.15, -0.1) is 0 Å². The number of carboxylic acids is 1. The first-order chi connectivity index (χ1) is 41.2. The van der Waals surface area contributed by atoms with E-state index in [1.54, 1.807) is 48.5 Å². The minimum absolute atomic E-state index is 0.0522. The minimum atomic E-state index is -1.21. The van der Waals surface area contributed by atoms with E-state index in [0.717, 1.165) is 71.3 Å². The van der Waals surface area contributed by atoms with Crippen LogP contribution in [0.3, 0.4) is 0 Å². The van der Waals surface area contributed by atoms with Gasteiger partial charge in [0.05, 0.1) is 39.2 Å². The molecular weight excluding hydrogens is 1090 g/mol. The number of likely N-dealkylation sites (tertiary alicyclic amines) is 3. The topological polar surface area (TPSA) is 301 Å². The molecule has 0 atom stereocenters. The normalized spacial score (nSPS) is 14.4. The summed E-state index contributed by atoms with van der Waals surface area (Å²) in [5.74, 6) is -2.14. The maximum absolute atomic E-state index is 14.2. The molecule has 85 heavy (non-hydrogen) atoms. The maximum Gasteiger partial charge on any atom is 0.335 e. The van der Waals surface area contributed by atoms with Crippen molar-refractivity contribution in [2.75, 3.05) is 82.6 Å². The number of aromatic carboxylic acids is 1. The molecule has 0 radical (unpaired) electrons. The van der Waals surface area contributed by atoms with Crippen molar-refractivity contribution in [3.05, 3.63) is 144 Å². The summed E-state index contributed by atoms with van der Waals surface area (Å²) in [6.07, 6.45) is 14.1. The lowest BCUT2D eigenvalue weighted by molar-refractivity contribution is 0.0695. The Hall–Kier alpha value is -9.03. The molecule has 9 N–H and O–H groups in total. The van der Waals surface area contributed by atoms with Crippen LogP contribution >= 0.6 is 0 Å². The third kappa shape index (κ3) is 16.4. The number of fused-ring (bicyclic) bond motifs is 3. The van der Waals surface area contributed by atoms with Crippen LogP contribution < -0.4 is 22.9 Å². The molecule has 0 bridgehead atoms. The Morgan fingerprint density at radius 2 is 0.753 bits per heavy atom. The average Bonchev–Trinajstić information content (AvgIpc) is 4.46. The van der Waals surface area contributed by atoms with Crippen molar-refractivity contribution in [1.29, 1.82) is 0 Å². The summed E-state index contributed by atoms with van der Waals surface area (Å²) < 4.78 is 41.9. The zero-order valence-electron chi connectivity index (χ0n) is 47.0. The van der Waals surface area contributed by atoms with Crippen LogP contribution in [0.2, 0.25) is 0 Å². The number of benzene rings is 3. The van der Waals surface area contributed by atoms with Crippen molar-refractivity contribution in [3.8, 4) is 33.8 Å². The smallest absolute Gasteiger partial charge is 0.335 e. The van der Waals surface area contributed by atoms with Crippen molar-refractivity contribution in [1.82, 2.24) is 59.6 Å². The second-order valence-electron chi connectivity index (χ2n) is 20.9. The molecule has 12 rings (SSSR count). The average molecular weight is 1160 g/mol. The van der Waals surface area contributed by atoms with Gasteiger partial charge in [0.2, 0.25) is 0 Å². The van der Waals surface area contributed by atoms with Crippen molar-refractivity contribution in [3.63, 3.8) is 0 Å². The van der Waals surface area contributed by atoms with Crippen molar-refractivity contribution < 1.29 is 32.7 Å². The van der Waals surface area contributed by atoms with Crippen LogP contribution in [-0.2, 0) is 0 Å². The Kier molecular flexibility index (Phi) is 20.6. The van der Waals surface area contributed by atoms with Crippen LogP contribution in [-0.4, -0.2) is 148 Å². The molecule has 0 saturated carbocycles. The van der Waals surface area contributed by atoms with E-state index in [0.29, 0.717) is 90.8 Å². The summed E-state index contributed by atoms with van der Waals surface area (Å²) in [4.78, 5) is 80.5. The summed E-state index contributed by atoms with van der Waals surface area (Å²) in [6, 6.07) is 22.5. The summed E-state index contributed by atoms with van der Waals surface area (Å²) in [5, 5.41) is 8.97. The minimum Gasteiger partial charge on any atom is -0.478 e. The molecule has 440 valence electrons. The largest absolute Gasteiger partial charge is 0.478 e. The van der Waals surface area contributed by atoms with Crippen LogP contribution in [0, 0.1) is 17.5 Å². The van der Waals surface area contributed by atoms with Crippen LogP contribution in [0.25, 0.3) is 66.9 Å². The van der Waals surface area contributed by atoms with Crippen molar-refractivity contribution in [2.45, 2.75) is 64.2 Å². The van der Waals surface area contributed by atoms with Crippen LogP contribution in [0.5, 0.6) is 0 Å². The molecule has 3 fully saturated rings. The summed E-state index contributed by atoms with van der Waals surface area (Å²) >= 11 is 0. The summed E-state index contributed by atoms with van der Waals surface area (Å²) in [5.41, 5.74) is 29.4. The van der Waals surface area contributed by atoms with Gasteiger partial charge in [-0.3, -0.25) is 9.59 Å². The highest BCUT2D eigenvalue weighted by Crippen LogP contribution is 2.28. The van der Waals surface area contributed by atoms with Crippen LogP contribution in [0.15, 0.2) is 110 Å². The van der Waals surface area contributed by atoms with Gasteiger partial charge in [-0.2, -0.15) is 0 Å². The van der Waals surface area contributed by atoms with Gasteiger partial charge in [-0.05, 0) is 195 Å². The predicted molar refractivity (Wildman–Crippen MR) is 322 cm³/mol. The standard InChI is InChI=1S/2C21H22FN5O.C14H9FN4O2.C6H14N2/c2*22-16-11-14(17-5-6-18-20(26-17)21(23)25-13-24-18)10-15(12-16)19(28)4-3-9-27-7-1-2-8-27;15-9-4-7(3-8(5-9)14(20)21)10-1-2-11-12(19-10)13(16)18-6-17-11;7-3-6-8-4-1-2-5-8/h2*5-6,10-13H,1-4,7-9H2,(H2,23,24,25);1-6H,(H,20,21)(H2,16,17,18);1-7H2. The molecule has 0 spiro atoms. The van der Waals surface area contributed by atoms with E-state index in [2.05, 4.69) is 59.6 Å². The molecule has 3 aromatic carbocycles. The predicted octanol–water partition coefficient (Wildman–Crippen LogP) is 9.10. The Balaban J connectivity index is 0.000000144. The number of carbonyl (C=O) groups is 3. The number of ketones is 2. The zero-order valence-corrected chi connectivity index (χ0v) is 47.0. The lowest BCUT2D eigenvalue weighted by atomic mass is 10.0. The second kappa shape index (κ2) is 29.0. The van der Waals surface area contributed by atoms with E-state index in [4.69, 9.17) is 28.0 Å². The quantitative estimate of drug-likeness (QED) is 0.0563. The Labute approximate surface area is 489 Å². The van der Waals surface area contributed by atoms with Gasteiger partial charge >= 0.3 is 5.97 Å². The number of carbonyl (C=O) groups excluding carboxylic acids is 2. The summed E-state index contributed by atoms with van der Waals surface area (Å²) in [7, 11) is 0. The van der Waals surface area contributed by atoms with Gasteiger partial charge in [0.25, 0.3) is 0 Å². The van der Waals surface area contributed by atoms with Crippen molar-refractivity contribution in [2.24, 2.45) is 5.73 Å². The number of hydrogen-bond acceptors (Lipinski definition) is 19. The number of nitrogens with two attached hydrogens (primary N) is 4. The summed E-state index contributed by atoms with van der Waals surface area (Å²) in [6.45, 7) is 10.7. The monoisotopic (exact) mass is 1160 g/mol. The molecule has 0 amide bonds. The second-order valence-corrected chi connectivity index (χ2v) is 20.9. The highest BCUT2D eigenvalue weighted by Gasteiger charge is 2.18. The molecule has 9 aromatic rings. The fraction of sp³-hybridized carbons (Fsp3) is 0.323. The molecule has 0 unspecified atom stereocenters. The van der Waals surface area contributed by atoms with Gasteiger partial charge in [-0.25, -0.2) is 62.8 Å². The van der Waals surface area contributed by atoms with E-state index >= 15 is 0 Å². The Morgan fingerprint density at radius 1 is 0.435 bits per heavy atom. The van der Waals surface area contributed by atoms with E-state index < -0.39 is 23.4 Å². The number of hydrogen-bond donors (Lipinski definition) is 5. The molecule has 9 heterocycles. The third-order valence-electron chi connectivity index (χ3n) is 14.8. The molecule has 3 aliphatic heterocycles. The lowest BCUT2D eigenvalue weighted by Gasteiger charge is -2.13. The number of carboxylic acid groups (broad SMARTS) is 1. The van der Waals surface area contributed by atoms with E-state index in [1.807, 2.05) is 0 Å². The first-order valence-electron chi connectivity index (χ1n) is 28.4. The van der Waals surface area contributed by atoms with Gasteiger partial charge in [0, 0.05) is 53.7 Å². The first-order valence-corrected chi connectivity index (χ1v) is 28.4. The van der Waals surface area contributed by atoms with E-state index in [-0.39, 0.29) is 34.6 Å².